The van der Waals surface area contributed by atoms with Crippen molar-refractivity contribution in [2.75, 3.05) is 6.61 Å². The molecule has 1 N–H and O–H groups in total. The van der Waals surface area contributed by atoms with Crippen molar-refractivity contribution in [1.29, 1.82) is 0 Å². The third-order valence-corrected chi connectivity index (χ3v) is 5.68. The third-order valence-electron chi connectivity index (χ3n) is 5.13. The van der Waals surface area contributed by atoms with E-state index < -0.39 is 11.9 Å². The van der Waals surface area contributed by atoms with Crippen LogP contribution in [0.2, 0.25) is 10.0 Å². The molecule has 0 radical (unpaired) electrons. The van der Waals surface area contributed by atoms with Gasteiger partial charge in [-0.25, -0.2) is 10.2 Å². The fourth-order valence-corrected chi connectivity index (χ4v) is 3.87. The van der Waals surface area contributed by atoms with E-state index in [0.717, 1.165) is 10.8 Å². The van der Waals surface area contributed by atoms with Crippen LogP contribution in [0.15, 0.2) is 96.6 Å². The van der Waals surface area contributed by atoms with Crippen LogP contribution in [-0.4, -0.2) is 24.7 Å². The lowest BCUT2D eigenvalue weighted by molar-refractivity contribution is 0.0734. The Hall–Kier alpha value is -4.13. The van der Waals surface area contributed by atoms with Gasteiger partial charge in [0.15, 0.2) is 0 Å². The summed E-state index contributed by atoms with van der Waals surface area (Å²) in [6, 6.07) is 22.2. The molecular formula is C28H20Cl2N2O4. The number of carbonyl (C=O) groups is 2. The van der Waals surface area contributed by atoms with E-state index in [-0.39, 0.29) is 16.3 Å². The zero-order valence-electron chi connectivity index (χ0n) is 18.9. The Labute approximate surface area is 217 Å². The first-order chi connectivity index (χ1) is 17.5. The number of ether oxygens (including phenoxy) is 2. The topological polar surface area (TPSA) is 77.0 Å². The van der Waals surface area contributed by atoms with Crippen molar-refractivity contribution in [2.45, 2.75) is 0 Å². The molecule has 4 aromatic carbocycles. The van der Waals surface area contributed by atoms with Crippen molar-refractivity contribution in [1.82, 2.24) is 5.43 Å². The first kappa shape index (κ1) is 25.0. The summed E-state index contributed by atoms with van der Waals surface area (Å²) in [5.41, 5.74) is 3.59. The molecule has 4 aromatic rings. The van der Waals surface area contributed by atoms with Crippen molar-refractivity contribution in [2.24, 2.45) is 5.10 Å². The maximum Gasteiger partial charge on any atom is 0.345 e. The summed E-state index contributed by atoms with van der Waals surface area (Å²) in [5.74, 6) is -0.179. The third kappa shape index (κ3) is 5.92. The van der Waals surface area contributed by atoms with Crippen LogP contribution >= 0.6 is 23.2 Å². The molecule has 8 heteroatoms. The van der Waals surface area contributed by atoms with E-state index in [1.54, 1.807) is 42.5 Å². The minimum Gasteiger partial charge on any atom is -0.490 e. The van der Waals surface area contributed by atoms with E-state index in [1.807, 2.05) is 30.3 Å². The minimum absolute atomic E-state index is 0.172. The van der Waals surface area contributed by atoms with E-state index in [9.17, 15) is 9.59 Å². The standard InChI is InChI=1S/C28H20Cl2N2O4/c1-2-15-35-21-11-7-19(8-12-21)27(33)32-31-17-24-22-6-4-3-5-18(22)9-14-26(24)36-28(34)23-13-10-20(29)16-25(23)30/h2-14,16-17H,1,15H2,(H,32,33)/b31-17-. The normalized spacial score (nSPS) is 10.8. The molecule has 0 saturated heterocycles. The average Bonchev–Trinajstić information content (AvgIpc) is 2.88. The molecule has 0 spiro atoms. The number of benzene rings is 4. The molecule has 0 aliphatic heterocycles. The second kappa shape index (κ2) is 11.5. The average molecular weight is 519 g/mol. The molecule has 0 bridgehead atoms. The van der Waals surface area contributed by atoms with E-state index in [1.165, 1.54) is 18.3 Å². The van der Waals surface area contributed by atoms with Crippen molar-refractivity contribution in [3.8, 4) is 11.5 Å². The molecule has 0 aromatic heterocycles. The summed E-state index contributed by atoms with van der Waals surface area (Å²) in [6.45, 7) is 3.97. The SMILES string of the molecule is C=CCOc1ccc(C(=O)N/N=C\c2c(OC(=O)c3ccc(Cl)cc3Cl)ccc3ccccc23)cc1. The van der Waals surface area contributed by atoms with Crippen molar-refractivity contribution >= 4 is 52.1 Å². The molecule has 0 fully saturated rings. The van der Waals surface area contributed by atoms with Crippen molar-refractivity contribution in [3.63, 3.8) is 0 Å². The van der Waals surface area contributed by atoms with Crippen LogP contribution in [0.4, 0.5) is 0 Å². The molecule has 180 valence electrons. The fraction of sp³-hybridized carbons (Fsp3) is 0.0357. The highest BCUT2D eigenvalue weighted by Gasteiger charge is 2.16. The molecule has 4 rings (SSSR count). The predicted octanol–water partition coefficient (Wildman–Crippen LogP) is 6.69. The van der Waals surface area contributed by atoms with Crippen LogP contribution in [0, 0.1) is 0 Å². The second-order valence-corrected chi connectivity index (χ2v) is 8.38. The van der Waals surface area contributed by atoms with E-state index in [2.05, 4.69) is 17.1 Å². The number of hydrogen-bond donors (Lipinski definition) is 1. The van der Waals surface area contributed by atoms with E-state index in [4.69, 9.17) is 32.7 Å². The lowest BCUT2D eigenvalue weighted by atomic mass is 10.0. The van der Waals surface area contributed by atoms with Crippen molar-refractivity contribution < 1.29 is 19.1 Å². The van der Waals surface area contributed by atoms with Gasteiger partial charge in [0, 0.05) is 16.1 Å². The number of fused-ring (bicyclic) bond motifs is 1. The van der Waals surface area contributed by atoms with Crippen LogP contribution in [0.3, 0.4) is 0 Å². The predicted molar refractivity (Wildman–Crippen MR) is 143 cm³/mol. The molecule has 6 nitrogen and oxygen atoms in total. The van der Waals surface area contributed by atoms with Gasteiger partial charge in [-0.3, -0.25) is 4.79 Å². The zero-order chi connectivity index (χ0) is 25.5. The summed E-state index contributed by atoms with van der Waals surface area (Å²) < 4.78 is 11.1. The number of esters is 1. The highest BCUT2D eigenvalue weighted by molar-refractivity contribution is 6.36. The lowest BCUT2D eigenvalue weighted by Crippen LogP contribution is -2.17. The Morgan fingerprint density at radius 1 is 0.972 bits per heavy atom. The highest BCUT2D eigenvalue weighted by Crippen LogP contribution is 2.29. The summed E-state index contributed by atoms with van der Waals surface area (Å²) in [5, 5.41) is 6.38. The Bertz CT molecular complexity index is 1470. The molecule has 0 aliphatic rings. The molecular weight excluding hydrogens is 499 g/mol. The minimum atomic E-state index is -0.649. The molecule has 36 heavy (non-hydrogen) atoms. The molecule has 0 heterocycles. The van der Waals surface area contributed by atoms with Gasteiger partial charge in [0.2, 0.25) is 0 Å². The smallest absolute Gasteiger partial charge is 0.345 e. The Kier molecular flexibility index (Phi) is 8.00. The van der Waals surface area contributed by atoms with Crippen molar-refractivity contribution in [3.05, 3.63) is 118 Å². The number of rotatable bonds is 8. The quantitative estimate of drug-likeness (QED) is 0.0925. The van der Waals surface area contributed by atoms with Crippen LogP contribution < -0.4 is 14.9 Å². The number of hydrazone groups is 1. The molecule has 1 amide bonds. The summed E-state index contributed by atoms with van der Waals surface area (Å²) in [4.78, 5) is 25.4. The van der Waals surface area contributed by atoms with Gasteiger partial charge in [-0.05, 0) is 59.3 Å². The van der Waals surface area contributed by atoms with E-state index in [0.29, 0.717) is 28.5 Å². The molecule has 0 aliphatic carbocycles. The van der Waals surface area contributed by atoms with Gasteiger partial charge in [0.25, 0.3) is 5.91 Å². The number of nitrogens with one attached hydrogen (secondary N) is 1. The second-order valence-electron chi connectivity index (χ2n) is 7.54. The Morgan fingerprint density at radius 3 is 2.50 bits per heavy atom. The van der Waals surface area contributed by atoms with Crippen LogP contribution in [-0.2, 0) is 0 Å². The van der Waals surface area contributed by atoms with Gasteiger partial charge in [-0.2, -0.15) is 5.10 Å². The number of amides is 1. The van der Waals surface area contributed by atoms with Gasteiger partial charge >= 0.3 is 5.97 Å². The number of nitrogens with zero attached hydrogens (tertiary/aromatic N) is 1. The summed E-state index contributed by atoms with van der Waals surface area (Å²) in [6.07, 6.45) is 3.08. The first-order valence-electron chi connectivity index (χ1n) is 10.8. The Morgan fingerprint density at radius 2 is 1.75 bits per heavy atom. The largest absolute Gasteiger partial charge is 0.490 e. The fourth-order valence-electron chi connectivity index (χ4n) is 3.39. The molecule has 0 saturated carbocycles. The lowest BCUT2D eigenvalue weighted by Gasteiger charge is -2.11. The number of hydrogen-bond acceptors (Lipinski definition) is 5. The molecule has 0 unspecified atom stereocenters. The number of halogens is 2. The molecule has 0 atom stereocenters. The van der Waals surface area contributed by atoms with Gasteiger partial charge in [-0.1, -0.05) is 66.2 Å². The van der Waals surface area contributed by atoms with Gasteiger partial charge in [0.1, 0.15) is 18.1 Å². The van der Waals surface area contributed by atoms with E-state index >= 15 is 0 Å². The first-order valence-corrected chi connectivity index (χ1v) is 11.6. The highest BCUT2D eigenvalue weighted by atomic mass is 35.5. The van der Waals surface area contributed by atoms with Crippen LogP contribution in [0.25, 0.3) is 10.8 Å². The maximum absolute atomic E-state index is 12.8. The van der Waals surface area contributed by atoms with Gasteiger partial charge < -0.3 is 9.47 Å². The Balaban J connectivity index is 1.57. The maximum atomic E-state index is 12.8. The van der Waals surface area contributed by atoms with Crippen LogP contribution in [0.5, 0.6) is 11.5 Å². The monoisotopic (exact) mass is 518 g/mol. The van der Waals surface area contributed by atoms with Crippen LogP contribution in [0.1, 0.15) is 26.3 Å². The van der Waals surface area contributed by atoms with Gasteiger partial charge in [-0.15, -0.1) is 0 Å². The summed E-state index contributed by atoms with van der Waals surface area (Å²) >= 11 is 12.1. The number of carbonyl (C=O) groups excluding carboxylic acids is 2. The van der Waals surface area contributed by atoms with Gasteiger partial charge in [0.05, 0.1) is 16.8 Å². The zero-order valence-corrected chi connectivity index (χ0v) is 20.4. The summed E-state index contributed by atoms with van der Waals surface area (Å²) in [7, 11) is 0.